The van der Waals surface area contributed by atoms with E-state index >= 15 is 0 Å². The van der Waals surface area contributed by atoms with Gasteiger partial charge in [-0.2, -0.15) is 0 Å². The van der Waals surface area contributed by atoms with E-state index in [1.807, 2.05) is 62.4 Å². The zero-order chi connectivity index (χ0) is 21.3. The highest BCUT2D eigenvalue weighted by molar-refractivity contribution is 8.08. The molecule has 0 atom stereocenters. The minimum absolute atomic E-state index is 0.317. The summed E-state index contributed by atoms with van der Waals surface area (Å²) in [6.45, 7) is 4.03. The first-order chi connectivity index (χ1) is 14.4. The van der Waals surface area contributed by atoms with Gasteiger partial charge in [0.2, 0.25) is 0 Å². The Morgan fingerprint density at radius 2 is 1.03 bits per heavy atom. The van der Waals surface area contributed by atoms with Gasteiger partial charge in [-0.05, 0) is 62.4 Å². The van der Waals surface area contributed by atoms with Crippen LogP contribution >= 0.6 is 35.1 Å². The number of nitrogens with zero attached hydrogens (tertiary/aromatic N) is 1. The predicted octanol–water partition coefficient (Wildman–Crippen LogP) is 6.63. The third-order valence-electron chi connectivity index (χ3n) is 4.57. The lowest BCUT2D eigenvalue weighted by atomic mass is 10.2. The summed E-state index contributed by atoms with van der Waals surface area (Å²) >= 11 is 8.63. The molecule has 0 aromatic heterocycles. The standard InChI is InChI=1S/C24H18ClNO2S2/c1-15-3-11-19(12-4-15)29-21-22(30-20-13-5-16(2)6-14-20)24(28)26(23(21)27)18-9-7-17(25)8-10-18/h3-14H,1-2H3. The van der Waals surface area contributed by atoms with E-state index in [2.05, 4.69) is 0 Å². The summed E-state index contributed by atoms with van der Waals surface area (Å²) in [5.41, 5.74) is 2.79. The average molecular weight is 452 g/mol. The fraction of sp³-hybridized carbons (Fsp3) is 0.0833. The smallest absolute Gasteiger partial charge is 0.268 e. The number of amides is 2. The Hall–Kier alpha value is -2.47. The van der Waals surface area contributed by atoms with Crippen LogP contribution in [0.3, 0.4) is 0 Å². The monoisotopic (exact) mass is 451 g/mol. The SMILES string of the molecule is Cc1ccc(SC2=C(Sc3ccc(C)cc3)C(=O)N(c3ccc(Cl)cc3)C2=O)cc1. The van der Waals surface area contributed by atoms with Gasteiger partial charge in [0.25, 0.3) is 11.8 Å². The van der Waals surface area contributed by atoms with Crippen molar-refractivity contribution in [2.75, 3.05) is 4.90 Å². The Bertz CT molecular complexity index is 1070. The molecule has 1 aliphatic heterocycles. The number of aryl methyl sites for hydroxylation is 2. The van der Waals surface area contributed by atoms with Crippen LogP contribution in [-0.4, -0.2) is 11.8 Å². The molecular formula is C24H18ClNO2S2. The van der Waals surface area contributed by atoms with Gasteiger partial charge in [0.15, 0.2) is 0 Å². The predicted molar refractivity (Wildman–Crippen MR) is 125 cm³/mol. The molecule has 1 heterocycles. The number of benzene rings is 3. The highest BCUT2D eigenvalue weighted by atomic mass is 35.5. The third-order valence-corrected chi connectivity index (χ3v) is 7.13. The first-order valence-corrected chi connectivity index (χ1v) is 11.3. The first-order valence-electron chi connectivity index (χ1n) is 9.30. The zero-order valence-corrected chi connectivity index (χ0v) is 18.8. The Labute approximate surface area is 189 Å². The summed E-state index contributed by atoms with van der Waals surface area (Å²) in [6, 6.07) is 22.5. The fourth-order valence-corrected chi connectivity index (χ4v) is 5.05. The molecule has 3 aromatic rings. The van der Waals surface area contributed by atoms with Crippen LogP contribution in [0.1, 0.15) is 11.1 Å². The van der Waals surface area contributed by atoms with E-state index < -0.39 is 0 Å². The minimum atomic E-state index is -0.317. The number of rotatable bonds is 5. The van der Waals surface area contributed by atoms with Gasteiger partial charge < -0.3 is 0 Å². The van der Waals surface area contributed by atoms with Crippen molar-refractivity contribution in [3.63, 3.8) is 0 Å². The summed E-state index contributed by atoms with van der Waals surface area (Å²) in [5, 5.41) is 0.550. The van der Waals surface area contributed by atoms with Gasteiger partial charge in [0, 0.05) is 14.8 Å². The molecule has 0 saturated heterocycles. The molecule has 1 aliphatic rings. The molecule has 3 aromatic carbocycles. The highest BCUT2D eigenvalue weighted by Gasteiger charge is 2.40. The highest BCUT2D eigenvalue weighted by Crippen LogP contribution is 2.44. The number of hydrogen-bond donors (Lipinski definition) is 0. The van der Waals surface area contributed by atoms with Gasteiger partial charge in [0.1, 0.15) is 0 Å². The molecule has 0 spiro atoms. The van der Waals surface area contributed by atoms with Gasteiger partial charge in [-0.1, -0.05) is 70.5 Å². The van der Waals surface area contributed by atoms with Crippen LogP contribution in [-0.2, 0) is 9.59 Å². The average Bonchev–Trinajstić information content (AvgIpc) is 2.96. The molecule has 0 radical (unpaired) electrons. The Morgan fingerprint density at radius 1 is 0.633 bits per heavy atom. The third kappa shape index (κ3) is 4.33. The van der Waals surface area contributed by atoms with Crippen molar-refractivity contribution >= 4 is 52.6 Å². The summed E-state index contributed by atoms with van der Waals surface area (Å²) in [6.07, 6.45) is 0. The molecule has 2 amide bonds. The van der Waals surface area contributed by atoms with E-state index in [1.165, 1.54) is 28.4 Å². The second-order valence-electron chi connectivity index (χ2n) is 6.91. The minimum Gasteiger partial charge on any atom is -0.268 e. The number of anilines is 1. The molecular weight excluding hydrogens is 434 g/mol. The Kier molecular flexibility index (Phi) is 6.04. The second kappa shape index (κ2) is 8.72. The van der Waals surface area contributed by atoms with Gasteiger partial charge in [-0.15, -0.1) is 0 Å². The lowest BCUT2D eigenvalue weighted by Crippen LogP contribution is -2.31. The number of halogens is 1. The number of carbonyl (C=O) groups is 2. The lowest BCUT2D eigenvalue weighted by molar-refractivity contribution is -0.120. The van der Waals surface area contributed by atoms with E-state index in [-0.39, 0.29) is 11.8 Å². The molecule has 0 N–H and O–H groups in total. The molecule has 0 bridgehead atoms. The van der Waals surface area contributed by atoms with Crippen molar-refractivity contribution < 1.29 is 9.59 Å². The number of imide groups is 1. The van der Waals surface area contributed by atoms with E-state index in [4.69, 9.17) is 11.6 Å². The van der Waals surface area contributed by atoms with Crippen LogP contribution in [0, 0.1) is 13.8 Å². The summed E-state index contributed by atoms with van der Waals surface area (Å²) in [4.78, 5) is 30.5. The van der Waals surface area contributed by atoms with Crippen LogP contribution < -0.4 is 4.90 Å². The molecule has 3 nitrogen and oxygen atoms in total. The Morgan fingerprint density at radius 3 is 1.43 bits per heavy atom. The normalized spacial score (nSPS) is 14.0. The van der Waals surface area contributed by atoms with Gasteiger partial charge in [0.05, 0.1) is 15.5 Å². The first kappa shape index (κ1) is 20.8. The largest absolute Gasteiger partial charge is 0.273 e. The summed E-state index contributed by atoms with van der Waals surface area (Å²) in [7, 11) is 0. The van der Waals surface area contributed by atoms with Crippen molar-refractivity contribution in [2.24, 2.45) is 0 Å². The summed E-state index contributed by atoms with van der Waals surface area (Å²) in [5.74, 6) is -0.634. The van der Waals surface area contributed by atoms with Crippen LogP contribution in [0.5, 0.6) is 0 Å². The quantitative estimate of drug-likeness (QED) is 0.408. The molecule has 0 aliphatic carbocycles. The van der Waals surface area contributed by atoms with Crippen LogP contribution in [0.4, 0.5) is 5.69 Å². The van der Waals surface area contributed by atoms with Crippen molar-refractivity contribution in [2.45, 2.75) is 23.6 Å². The van der Waals surface area contributed by atoms with Crippen LogP contribution in [0.15, 0.2) is 92.4 Å². The van der Waals surface area contributed by atoms with Crippen molar-refractivity contribution in [3.8, 4) is 0 Å². The maximum atomic E-state index is 13.3. The number of carbonyl (C=O) groups excluding carboxylic acids is 2. The molecule has 4 rings (SSSR count). The van der Waals surface area contributed by atoms with E-state index in [1.54, 1.807) is 24.3 Å². The van der Waals surface area contributed by atoms with Crippen LogP contribution in [0.25, 0.3) is 0 Å². The molecule has 0 unspecified atom stereocenters. The molecule has 30 heavy (non-hydrogen) atoms. The van der Waals surface area contributed by atoms with Gasteiger partial charge in [-0.3, -0.25) is 9.59 Å². The fourth-order valence-electron chi connectivity index (χ4n) is 2.94. The zero-order valence-electron chi connectivity index (χ0n) is 16.4. The maximum absolute atomic E-state index is 13.3. The summed E-state index contributed by atoms with van der Waals surface area (Å²) < 4.78 is 0. The molecule has 6 heteroatoms. The lowest BCUT2D eigenvalue weighted by Gasteiger charge is -2.15. The van der Waals surface area contributed by atoms with Gasteiger partial charge >= 0.3 is 0 Å². The van der Waals surface area contributed by atoms with Gasteiger partial charge in [-0.25, -0.2) is 4.90 Å². The Balaban J connectivity index is 1.73. The second-order valence-corrected chi connectivity index (χ2v) is 9.51. The topological polar surface area (TPSA) is 37.4 Å². The van der Waals surface area contributed by atoms with E-state index in [0.29, 0.717) is 20.5 Å². The van der Waals surface area contributed by atoms with Crippen molar-refractivity contribution in [1.82, 2.24) is 0 Å². The maximum Gasteiger partial charge on any atom is 0.273 e. The number of thioether (sulfide) groups is 2. The molecule has 150 valence electrons. The molecule has 0 fully saturated rings. The van der Waals surface area contributed by atoms with E-state index in [0.717, 1.165) is 20.9 Å². The van der Waals surface area contributed by atoms with Crippen LogP contribution in [0.2, 0.25) is 5.02 Å². The van der Waals surface area contributed by atoms with Crippen molar-refractivity contribution in [3.05, 3.63) is 98.8 Å². The van der Waals surface area contributed by atoms with Crippen molar-refractivity contribution in [1.29, 1.82) is 0 Å². The molecule has 0 saturated carbocycles. The number of hydrogen-bond acceptors (Lipinski definition) is 4. The van der Waals surface area contributed by atoms with E-state index in [9.17, 15) is 9.59 Å².